The smallest absolute Gasteiger partial charge is 0.253 e. The highest BCUT2D eigenvalue weighted by molar-refractivity contribution is 5.95. The fraction of sp³-hybridized carbons (Fsp3) is 0.636. The number of amides is 2. The van der Waals surface area contributed by atoms with Gasteiger partial charge in [0.15, 0.2) is 0 Å². The third-order valence-corrected chi connectivity index (χ3v) is 6.50. The van der Waals surface area contributed by atoms with Crippen LogP contribution in [0, 0.1) is 11.7 Å². The Morgan fingerprint density at radius 2 is 2.04 bits per heavy atom. The molecule has 0 radical (unpaired) electrons. The number of rotatable bonds is 4. The number of carbonyl (C=O) groups is 2. The van der Waals surface area contributed by atoms with Crippen LogP contribution in [0.25, 0.3) is 0 Å². The molecule has 4 rings (SSSR count). The fourth-order valence-electron chi connectivity index (χ4n) is 4.94. The molecule has 3 aliphatic rings. The number of hydrogen-bond donors (Lipinski definition) is 0. The molecule has 1 aromatic rings. The van der Waals surface area contributed by atoms with Crippen LogP contribution in [0.4, 0.5) is 10.1 Å². The Bertz CT molecular complexity index is 734. The van der Waals surface area contributed by atoms with E-state index in [1.165, 1.54) is 37.8 Å². The highest BCUT2D eigenvalue weighted by Crippen LogP contribution is 2.33. The third-order valence-electron chi connectivity index (χ3n) is 6.50. The van der Waals surface area contributed by atoms with Gasteiger partial charge in [-0.1, -0.05) is 31.7 Å². The summed E-state index contributed by atoms with van der Waals surface area (Å²) in [7, 11) is 0. The van der Waals surface area contributed by atoms with E-state index in [0.29, 0.717) is 31.1 Å². The number of likely N-dealkylation sites (tertiary alicyclic amines) is 1. The van der Waals surface area contributed by atoms with Crippen molar-refractivity contribution in [1.29, 1.82) is 0 Å². The number of anilines is 1. The Morgan fingerprint density at radius 3 is 2.82 bits per heavy atom. The van der Waals surface area contributed by atoms with Crippen molar-refractivity contribution in [3.05, 3.63) is 30.1 Å². The number of hydrogen-bond acceptors (Lipinski definition) is 3. The van der Waals surface area contributed by atoms with Crippen LogP contribution in [-0.4, -0.2) is 48.6 Å². The molecule has 2 heterocycles. The summed E-state index contributed by atoms with van der Waals surface area (Å²) in [5, 5.41) is 0. The van der Waals surface area contributed by atoms with Crippen LogP contribution >= 0.6 is 0 Å². The third kappa shape index (κ3) is 4.22. The Labute approximate surface area is 165 Å². The summed E-state index contributed by atoms with van der Waals surface area (Å²) in [6.07, 6.45) is 8.35. The van der Waals surface area contributed by atoms with Crippen molar-refractivity contribution in [2.24, 2.45) is 5.92 Å². The van der Waals surface area contributed by atoms with Gasteiger partial charge in [0.25, 0.3) is 5.91 Å². The minimum Gasteiger partial charge on any atom is -0.361 e. The van der Waals surface area contributed by atoms with Crippen molar-refractivity contribution in [3.8, 4) is 0 Å². The van der Waals surface area contributed by atoms with E-state index in [1.54, 1.807) is 17.0 Å². The number of ether oxygens (including phenoxy) is 1. The molecule has 1 spiro atoms. The zero-order chi connectivity index (χ0) is 19.6. The summed E-state index contributed by atoms with van der Waals surface area (Å²) in [5.74, 6) is 0.373. The monoisotopic (exact) mass is 388 g/mol. The summed E-state index contributed by atoms with van der Waals surface area (Å²) in [6.45, 7) is 1.60. The first-order valence-electron chi connectivity index (χ1n) is 10.5. The lowest BCUT2D eigenvalue weighted by Gasteiger charge is -2.47. The van der Waals surface area contributed by atoms with Gasteiger partial charge in [-0.05, 0) is 43.4 Å². The van der Waals surface area contributed by atoms with Crippen LogP contribution in [0.2, 0.25) is 0 Å². The summed E-state index contributed by atoms with van der Waals surface area (Å²) in [5.41, 5.74) is -0.000962. The van der Waals surface area contributed by atoms with E-state index in [9.17, 15) is 14.0 Å². The molecule has 1 saturated carbocycles. The zero-order valence-electron chi connectivity index (χ0n) is 16.4. The van der Waals surface area contributed by atoms with Crippen LogP contribution < -0.4 is 4.90 Å². The van der Waals surface area contributed by atoms with Crippen molar-refractivity contribution in [2.45, 2.75) is 57.0 Å². The first-order chi connectivity index (χ1) is 13.5. The molecule has 1 unspecified atom stereocenters. The Hall–Kier alpha value is -1.95. The minimum absolute atomic E-state index is 0.0272. The van der Waals surface area contributed by atoms with E-state index in [-0.39, 0.29) is 24.2 Å². The van der Waals surface area contributed by atoms with Crippen molar-refractivity contribution in [2.75, 3.05) is 31.1 Å². The molecule has 2 amide bonds. The molecule has 0 aromatic heterocycles. The van der Waals surface area contributed by atoms with Crippen molar-refractivity contribution in [3.63, 3.8) is 0 Å². The zero-order valence-corrected chi connectivity index (χ0v) is 16.4. The largest absolute Gasteiger partial charge is 0.361 e. The predicted octanol–water partition coefficient (Wildman–Crippen LogP) is 3.52. The number of halogens is 1. The molecular weight excluding hydrogens is 359 g/mol. The normalized spacial score (nSPS) is 26.2. The number of nitrogens with zero attached hydrogens (tertiary/aromatic N) is 2. The van der Waals surface area contributed by atoms with Gasteiger partial charge in [-0.2, -0.15) is 0 Å². The van der Waals surface area contributed by atoms with Crippen LogP contribution in [0.3, 0.4) is 0 Å². The number of morpholine rings is 1. The molecule has 28 heavy (non-hydrogen) atoms. The highest BCUT2D eigenvalue weighted by Gasteiger charge is 2.44. The van der Waals surface area contributed by atoms with Crippen LogP contribution in [0.15, 0.2) is 24.3 Å². The quantitative estimate of drug-likeness (QED) is 0.793. The fourth-order valence-corrected chi connectivity index (χ4v) is 4.94. The predicted molar refractivity (Wildman–Crippen MR) is 104 cm³/mol. The molecule has 5 nitrogen and oxygen atoms in total. The van der Waals surface area contributed by atoms with Crippen molar-refractivity contribution >= 4 is 17.5 Å². The van der Waals surface area contributed by atoms with E-state index in [4.69, 9.17) is 4.74 Å². The van der Waals surface area contributed by atoms with E-state index in [2.05, 4.69) is 0 Å². The average molecular weight is 388 g/mol. The maximum absolute atomic E-state index is 13.6. The molecule has 1 aliphatic carbocycles. The van der Waals surface area contributed by atoms with Gasteiger partial charge in [-0.3, -0.25) is 9.59 Å². The van der Waals surface area contributed by atoms with E-state index < -0.39 is 5.60 Å². The van der Waals surface area contributed by atoms with Gasteiger partial charge in [-0.15, -0.1) is 0 Å². The molecule has 0 N–H and O–H groups in total. The SMILES string of the molecule is O=C(CCC1CCCC1)N1CCCC2(C1)CN(c1cccc(F)c1)C(=O)CO2. The molecule has 1 atom stereocenters. The maximum atomic E-state index is 13.6. The first-order valence-corrected chi connectivity index (χ1v) is 10.5. The van der Waals surface area contributed by atoms with Gasteiger partial charge in [0.05, 0.1) is 13.1 Å². The van der Waals surface area contributed by atoms with Gasteiger partial charge in [0.2, 0.25) is 5.91 Å². The van der Waals surface area contributed by atoms with Crippen LogP contribution in [0.5, 0.6) is 0 Å². The summed E-state index contributed by atoms with van der Waals surface area (Å²) >= 11 is 0. The lowest BCUT2D eigenvalue weighted by atomic mass is 9.89. The molecule has 3 fully saturated rings. The second-order valence-electron chi connectivity index (χ2n) is 8.54. The molecule has 0 bridgehead atoms. The van der Waals surface area contributed by atoms with Gasteiger partial charge >= 0.3 is 0 Å². The van der Waals surface area contributed by atoms with Gasteiger partial charge < -0.3 is 14.5 Å². The number of piperidine rings is 1. The highest BCUT2D eigenvalue weighted by atomic mass is 19.1. The molecule has 2 saturated heterocycles. The summed E-state index contributed by atoms with van der Waals surface area (Å²) in [4.78, 5) is 28.7. The number of carbonyl (C=O) groups excluding carboxylic acids is 2. The number of benzene rings is 1. The standard InChI is InChI=1S/C22H29FN2O3/c23-18-7-3-8-19(13-18)25-16-22(28-14-21(25)27)11-4-12-24(15-22)20(26)10-9-17-5-1-2-6-17/h3,7-8,13,17H,1-2,4-6,9-12,14-16H2. The maximum Gasteiger partial charge on any atom is 0.253 e. The Morgan fingerprint density at radius 1 is 1.21 bits per heavy atom. The van der Waals surface area contributed by atoms with E-state index >= 15 is 0 Å². The van der Waals surface area contributed by atoms with E-state index in [0.717, 1.165) is 25.8 Å². The molecule has 2 aliphatic heterocycles. The summed E-state index contributed by atoms with van der Waals surface area (Å²) in [6, 6.07) is 6.10. The molecular formula is C22H29FN2O3. The van der Waals surface area contributed by atoms with Gasteiger partial charge in [0, 0.05) is 18.7 Å². The summed E-state index contributed by atoms with van der Waals surface area (Å²) < 4.78 is 19.6. The van der Waals surface area contributed by atoms with E-state index in [1.807, 2.05) is 4.90 Å². The Balaban J connectivity index is 1.41. The van der Waals surface area contributed by atoms with Crippen molar-refractivity contribution in [1.82, 2.24) is 4.90 Å². The van der Waals surface area contributed by atoms with Crippen LogP contribution in [-0.2, 0) is 14.3 Å². The molecule has 1 aromatic carbocycles. The van der Waals surface area contributed by atoms with Crippen molar-refractivity contribution < 1.29 is 18.7 Å². The second kappa shape index (κ2) is 8.19. The molecule has 6 heteroatoms. The lowest BCUT2D eigenvalue weighted by molar-refractivity contribution is -0.153. The molecule has 152 valence electrons. The lowest BCUT2D eigenvalue weighted by Crippen LogP contribution is -2.62. The Kier molecular flexibility index (Phi) is 5.67. The van der Waals surface area contributed by atoms with Crippen LogP contribution in [0.1, 0.15) is 51.4 Å². The topological polar surface area (TPSA) is 49.9 Å². The minimum atomic E-state index is -0.554. The first kappa shape index (κ1) is 19.4. The second-order valence-corrected chi connectivity index (χ2v) is 8.54. The average Bonchev–Trinajstić information content (AvgIpc) is 3.22. The van der Waals surface area contributed by atoms with Gasteiger partial charge in [0.1, 0.15) is 18.0 Å². The van der Waals surface area contributed by atoms with Gasteiger partial charge in [-0.25, -0.2) is 4.39 Å².